The number of benzene rings is 1. The van der Waals surface area contributed by atoms with Crippen LogP contribution in [-0.4, -0.2) is 54.4 Å². The van der Waals surface area contributed by atoms with Crippen molar-refractivity contribution < 1.29 is 19.1 Å². The van der Waals surface area contributed by atoms with Gasteiger partial charge in [-0.3, -0.25) is 4.79 Å². The molecule has 1 aliphatic heterocycles. The number of aromatic hydroxyl groups is 1. The van der Waals surface area contributed by atoms with Crippen molar-refractivity contribution in [3.63, 3.8) is 0 Å². The van der Waals surface area contributed by atoms with Gasteiger partial charge in [0.25, 0.3) is 5.91 Å². The van der Waals surface area contributed by atoms with Crippen molar-refractivity contribution in [2.75, 3.05) is 27.2 Å². The number of ether oxygens (including phenoxy) is 1. The molecule has 3 aliphatic carbocycles. The highest BCUT2D eigenvalue weighted by atomic mass is 16.5. The number of nitrogens with two attached hydrogens (primary N) is 1. The van der Waals surface area contributed by atoms with Gasteiger partial charge >= 0.3 is 0 Å². The Kier molecular flexibility index (Phi) is 3.92. The summed E-state index contributed by atoms with van der Waals surface area (Å²) in [5.41, 5.74) is 7.52. The third-order valence-corrected chi connectivity index (χ3v) is 8.71. The van der Waals surface area contributed by atoms with Crippen LogP contribution in [0.25, 0.3) is 0 Å². The smallest absolute Gasteiger partial charge is 0.252 e. The number of fused-ring (bicyclic) bond motifs is 1. The summed E-state index contributed by atoms with van der Waals surface area (Å²) in [7, 11) is 4.31. The number of amides is 1. The second-order valence-electron chi connectivity index (χ2n) is 10.0. The maximum absolute atomic E-state index is 11.9. The number of primary amides is 1. The lowest BCUT2D eigenvalue weighted by atomic mass is 9.48. The van der Waals surface area contributed by atoms with Gasteiger partial charge in [0.1, 0.15) is 17.4 Å². The van der Waals surface area contributed by atoms with E-state index in [1.165, 1.54) is 31.4 Å². The Bertz CT molecular complexity index is 835. The van der Waals surface area contributed by atoms with Crippen molar-refractivity contribution in [3.8, 4) is 5.75 Å². The summed E-state index contributed by atoms with van der Waals surface area (Å²) in [6, 6.07) is 4.17. The minimum atomic E-state index is -0.553. The van der Waals surface area contributed by atoms with Crippen molar-refractivity contribution in [1.82, 2.24) is 0 Å². The highest BCUT2D eigenvalue weighted by Gasteiger charge is 2.70. The van der Waals surface area contributed by atoms with Crippen molar-refractivity contribution in [2.24, 2.45) is 11.7 Å². The molecule has 2 saturated carbocycles. The summed E-state index contributed by atoms with van der Waals surface area (Å²) in [6.07, 6.45) is 9.00. The van der Waals surface area contributed by atoms with Crippen LogP contribution in [0, 0.1) is 5.92 Å². The number of likely N-dealkylation sites (N-methyl/N-ethyl adjacent to an activating group) is 1. The van der Waals surface area contributed by atoms with Gasteiger partial charge in [-0.15, -0.1) is 0 Å². The number of phenols is 1. The second-order valence-corrected chi connectivity index (χ2v) is 10.0. The molecular formula is C23H33N2O3+. The van der Waals surface area contributed by atoms with Crippen LogP contribution in [0.1, 0.15) is 66.4 Å². The van der Waals surface area contributed by atoms with Gasteiger partial charge in [0.05, 0.1) is 25.7 Å². The highest BCUT2D eigenvalue weighted by Crippen LogP contribution is 2.63. The molecule has 1 amide bonds. The second kappa shape index (κ2) is 5.96. The summed E-state index contributed by atoms with van der Waals surface area (Å²) in [6.45, 7) is 2.36. The van der Waals surface area contributed by atoms with Crippen LogP contribution >= 0.6 is 0 Å². The topological polar surface area (TPSA) is 72.5 Å². The first-order valence-electron chi connectivity index (χ1n) is 10.9. The van der Waals surface area contributed by atoms with Gasteiger partial charge in [-0.05, 0) is 37.3 Å². The molecule has 2 unspecified atom stereocenters. The molecule has 5 heteroatoms. The molecule has 5 rings (SSSR count). The quantitative estimate of drug-likeness (QED) is 0.783. The molecule has 152 valence electrons. The number of rotatable bonds is 4. The lowest BCUT2D eigenvalue weighted by molar-refractivity contribution is -0.950. The Morgan fingerprint density at radius 1 is 1.29 bits per heavy atom. The SMILES string of the molecule is CO[C@@]12CCCCC13CC[N@@+](C)(CC1CC1)C2Cc1ccc(C(N)=O)c(O)c13. The molecule has 1 aromatic carbocycles. The van der Waals surface area contributed by atoms with E-state index in [1.807, 2.05) is 13.2 Å². The zero-order valence-electron chi connectivity index (χ0n) is 17.2. The van der Waals surface area contributed by atoms with Crippen LogP contribution in [0.4, 0.5) is 0 Å². The van der Waals surface area contributed by atoms with Crippen LogP contribution in [0.2, 0.25) is 0 Å². The third-order valence-electron chi connectivity index (χ3n) is 8.71. The molecule has 1 saturated heterocycles. The number of hydrogen-bond donors (Lipinski definition) is 2. The molecule has 1 heterocycles. The Morgan fingerprint density at radius 2 is 2.04 bits per heavy atom. The van der Waals surface area contributed by atoms with Gasteiger partial charge in [0, 0.05) is 36.8 Å². The average molecular weight is 386 g/mol. The highest BCUT2D eigenvalue weighted by molar-refractivity contribution is 5.96. The molecule has 0 aromatic heterocycles. The van der Waals surface area contributed by atoms with Gasteiger partial charge in [-0.25, -0.2) is 0 Å². The van der Waals surface area contributed by atoms with Crippen LogP contribution in [-0.2, 0) is 16.6 Å². The minimum Gasteiger partial charge on any atom is -0.507 e. The molecule has 4 atom stereocenters. The number of methoxy groups -OCH3 is 1. The summed E-state index contributed by atoms with van der Waals surface area (Å²) >= 11 is 0. The van der Waals surface area contributed by atoms with E-state index in [0.717, 1.165) is 54.6 Å². The Hall–Kier alpha value is -1.59. The largest absolute Gasteiger partial charge is 0.507 e. The number of carbonyl (C=O) groups excluding carboxylic acids is 1. The number of likely N-dealkylation sites (tertiary alicyclic amines) is 1. The number of hydrogen-bond acceptors (Lipinski definition) is 3. The van der Waals surface area contributed by atoms with E-state index in [-0.39, 0.29) is 22.3 Å². The average Bonchev–Trinajstić information content (AvgIpc) is 3.48. The van der Waals surface area contributed by atoms with Crippen molar-refractivity contribution >= 4 is 5.91 Å². The molecule has 2 bridgehead atoms. The third kappa shape index (κ3) is 2.23. The van der Waals surface area contributed by atoms with Gasteiger partial charge in [-0.2, -0.15) is 0 Å². The van der Waals surface area contributed by atoms with E-state index in [2.05, 4.69) is 7.05 Å². The fourth-order valence-corrected chi connectivity index (χ4v) is 7.33. The molecule has 1 aromatic rings. The molecule has 5 nitrogen and oxygen atoms in total. The molecule has 0 radical (unpaired) electrons. The molecule has 3 fully saturated rings. The van der Waals surface area contributed by atoms with Crippen molar-refractivity contribution in [3.05, 3.63) is 28.8 Å². The Balaban J connectivity index is 1.73. The Labute approximate surface area is 167 Å². The van der Waals surface area contributed by atoms with Gasteiger partial charge < -0.3 is 20.1 Å². The molecular weight excluding hydrogens is 352 g/mol. The maximum Gasteiger partial charge on any atom is 0.252 e. The fourth-order valence-electron chi connectivity index (χ4n) is 7.33. The van der Waals surface area contributed by atoms with Gasteiger partial charge in [0.2, 0.25) is 0 Å². The van der Waals surface area contributed by atoms with Crippen molar-refractivity contribution in [1.29, 1.82) is 0 Å². The van der Waals surface area contributed by atoms with E-state index >= 15 is 0 Å². The fraction of sp³-hybridized carbons (Fsp3) is 0.696. The lowest BCUT2D eigenvalue weighted by Gasteiger charge is -2.66. The summed E-state index contributed by atoms with van der Waals surface area (Å²) in [5, 5.41) is 11.2. The normalized spacial score (nSPS) is 39.1. The molecule has 4 aliphatic rings. The summed E-state index contributed by atoms with van der Waals surface area (Å²) in [5.74, 6) is 0.426. The monoisotopic (exact) mass is 385 g/mol. The zero-order valence-corrected chi connectivity index (χ0v) is 17.2. The Morgan fingerprint density at radius 3 is 2.71 bits per heavy atom. The predicted molar refractivity (Wildman–Crippen MR) is 107 cm³/mol. The summed E-state index contributed by atoms with van der Waals surface area (Å²) in [4.78, 5) is 11.9. The van der Waals surface area contributed by atoms with E-state index in [1.54, 1.807) is 6.07 Å². The standard InChI is InChI=1S/C23H32N2O3/c1-25(14-15-5-6-15)12-11-22-9-3-4-10-23(22,28-2)18(25)13-16-7-8-17(21(24)27)20(26)19(16)22/h7-8,15,18H,3-6,9-14H2,1-2H3,(H2-,24,26,27)/p+1/t18?,22?,23-,25+/m1/s1. The molecule has 3 N–H and O–H groups in total. The lowest BCUT2D eigenvalue weighted by Crippen LogP contribution is -2.78. The van der Waals surface area contributed by atoms with Crippen LogP contribution in [0.3, 0.4) is 0 Å². The predicted octanol–water partition coefficient (Wildman–Crippen LogP) is 2.87. The maximum atomic E-state index is 11.9. The van der Waals surface area contributed by atoms with E-state index in [0.29, 0.717) is 6.04 Å². The van der Waals surface area contributed by atoms with E-state index < -0.39 is 5.91 Å². The minimum absolute atomic E-state index is 0.116. The first-order valence-corrected chi connectivity index (χ1v) is 10.9. The number of quaternary nitrogens is 1. The molecule has 28 heavy (non-hydrogen) atoms. The zero-order chi connectivity index (χ0) is 19.7. The first kappa shape index (κ1) is 18.4. The van der Waals surface area contributed by atoms with Crippen molar-refractivity contribution in [2.45, 2.75) is 68.4 Å². The molecule has 0 spiro atoms. The van der Waals surface area contributed by atoms with Gasteiger partial charge in [-0.1, -0.05) is 18.9 Å². The number of carbonyl (C=O) groups is 1. The first-order chi connectivity index (χ1) is 13.4. The van der Waals surface area contributed by atoms with E-state index in [4.69, 9.17) is 10.5 Å². The van der Waals surface area contributed by atoms with Crippen LogP contribution in [0.5, 0.6) is 5.75 Å². The number of nitrogens with zero attached hydrogens (tertiary/aromatic N) is 1. The van der Waals surface area contributed by atoms with Crippen LogP contribution in [0.15, 0.2) is 12.1 Å². The van der Waals surface area contributed by atoms with Crippen LogP contribution < -0.4 is 5.73 Å². The van der Waals surface area contributed by atoms with Gasteiger partial charge in [0.15, 0.2) is 0 Å². The number of piperidine rings is 1. The van der Waals surface area contributed by atoms with E-state index in [9.17, 15) is 9.90 Å². The summed E-state index contributed by atoms with van der Waals surface area (Å²) < 4.78 is 7.59.